The van der Waals surface area contributed by atoms with Gasteiger partial charge in [-0.1, -0.05) is 22.0 Å². The molecule has 1 rings (SSSR count). The van der Waals surface area contributed by atoms with E-state index in [-0.39, 0.29) is 0 Å². The molecule has 84 valence electrons. The predicted octanol–water partition coefficient (Wildman–Crippen LogP) is 2.91. The zero-order chi connectivity index (χ0) is 11.1. The molecule has 0 aliphatic carbocycles. The first-order valence-electron chi connectivity index (χ1n) is 4.80. The van der Waals surface area contributed by atoms with E-state index in [1.54, 1.807) is 18.9 Å². The predicted molar refractivity (Wildman–Crippen MR) is 69.5 cm³/mol. The first-order chi connectivity index (χ1) is 7.27. The average molecular weight is 290 g/mol. The lowest BCUT2D eigenvalue weighted by atomic mass is 10.2. The van der Waals surface area contributed by atoms with Gasteiger partial charge in [0.15, 0.2) is 0 Å². The molecule has 15 heavy (non-hydrogen) atoms. The summed E-state index contributed by atoms with van der Waals surface area (Å²) in [6.45, 7) is 2.51. The van der Waals surface area contributed by atoms with Crippen LogP contribution in [0.1, 0.15) is 5.56 Å². The standard InChI is InChI=1S/C11H16BrNOS/c1-14-6-5-13-8-9-3-4-10(15-2)7-11(9)12/h3-4,7,13H,5-6,8H2,1-2H3. The molecule has 0 atom stereocenters. The molecule has 0 heterocycles. The fraction of sp³-hybridized carbons (Fsp3) is 0.455. The molecular formula is C11H16BrNOS. The van der Waals surface area contributed by atoms with Crippen LogP contribution in [0.15, 0.2) is 27.6 Å². The van der Waals surface area contributed by atoms with Crippen LogP contribution in [0.4, 0.5) is 0 Å². The van der Waals surface area contributed by atoms with Crippen molar-refractivity contribution >= 4 is 27.7 Å². The molecule has 0 saturated carbocycles. The first-order valence-corrected chi connectivity index (χ1v) is 6.81. The number of hydrogen-bond donors (Lipinski definition) is 1. The summed E-state index contributed by atoms with van der Waals surface area (Å²) >= 11 is 5.33. The van der Waals surface area contributed by atoms with E-state index in [0.29, 0.717) is 0 Å². The third kappa shape index (κ3) is 4.55. The summed E-state index contributed by atoms with van der Waals surface area (Å²) in [5.41, 5.74) is 1.28. The quantitative estimate of drug-likeness (QED) is 0.643. The van der Waals surface area contributed by atoms with Gasteiger partial charge in [0.25, 0.3) is 0 Å². The van der Waals surface area contributed by atoms with E-state index in [1.165, 1.54) is 14.9 Å². The van der Waals surface area contributed by atoms with Crippen LogP contribution in [0, 0.1) is 0 Å². The van der Waals surface area contributed by atoms with Gasteiger partial charge in [0.2, 0.25) is 0 Å². The van der Waals surface area contributed by atoms with Gasteiger partial charge in [-0.25, -0.2) is 0 Å². The van der Waals surface area contributed by atoms with Crippen LogP contribution < -0.4 is 5.32 Å². The van der Waals surface area contributed by atoms with Crippen molar-refractivity contribution in [3.8, 4) is 0 Å². The van der Waals surface area contributed by atoms with E-state index < -0.39 is 0 Å². The van der Waals surface area contributed by atoms with Crippen LogP contribution in [0.2, 0.25) is 0 Å². The molecule has 0 radical (unpaired) electrons. The van der Waals surface area contributed by atoms with E-state index in [2.05, 4.69) is 45.7 Å². The molecule has 1 N–H and O–H groups in total. The molecule has 1 aromatic carbocycles. The smallest absolute Gasteiger partial charge is 0.0587 e. The fourth-order valence-electron chi connectivity index (χ4n) is 1.20. The lowest BCUT2D eigenvalue weighted by Gasteiger charge is -2.07. The Labute approximate surface area is 104 Å². The van der Waals surface area contributed by atoms with Gasteiger partial charge in [-0.15, -0.1) is 11.8 Å². The van der Waals surface area contributed by atoms with Crippen LogP contribution >= 0.6 is 27.7 Å². The van der Waals surface area contributed by atoms with Gasteiger partial charge in [0.05, 0.1) is 6.61 Å². The SMILES string of the molecule is COCCNCc1ccc(SC)cc1Br. The van der Waals surface area contributed by atoms with Gasteiger partial charge < -0.3 is 10.1 Å². The molecule has 0 aliphatic heterocycles. The number of thioether (sulfide) groups is 1. The molecule has 0 saturated heterocycles. The molecule has 0 amide bonds. The number of ether oxygens (including phenoxy) is 1. The van der Waals surface area contributed by atoms with Crippen LogP contribution in [-0.4, -0.2) is 26.5 Å². The second-order valence-electron chi connectivity index (χ2n) is 3.13. The third-order valence-corrected chi connectivity index (χ3v) is 3.52. The molecule has 0 fully saturated rings. The van der Waals surface area contributed by atoms with Gasteiger partial charge in [0.1, 0.15) is 0 Å². The van der Waals surface area contributed by atoms with Crippen molar-refractivity contribution in [2.75, 3.05) is 26.5 Å². The highest BCUT2D eigenvalue weighted by Crippen LogP contribution is 2.23. The van der Waals surface area contributed by atoms with E-state index in [9.17, 15) is 0 Å². The maximum absolute atomic E-state index is 4.97. The highest BCUT2D eigenvalue weighted by molar-refractivity contribution is 9.10. The van der Waals surface area contributed by atoms with Crippen molar-refractivity contribution in [2.45, 2.75) is 11.4 Å². The summed E-state index contributed by atoms with van der Waals surface area (Å²) < 4.78 is 6.13. The minimum absolute atomic E-state index is 0.751. The monoisotopic (exact) mass is 289 g/mol. The molecule has 4 heteroatoms. The molecule has 0 aliphatic rings. The zero-order valence-electron chi connectivity index (χ0n) is 9.05. The Kier molecular flexibility index (Phi) is 6.32. The summed E-state index contributed by atoms with van der Waals surface area (Å²) in [4.78, 5) is 1.28. The summed E-state index contributed by atoms with van der Waals surface area (Å²) in [7, 11) is 1.71. The largest absolute Gasteiger partial charge is 0.383 e. The minimum Gasteiger partial charge on any atom is -0.383 e. The Bertz CT molecular complexity index is 307. The van der Waals surface area contributed by atoms with Crippen molar-refractivity contribution < 1.29 is 4.74 Å². The van der Waals surface area contributed by atoms with Gasteiger partial charge in [0, 0.05) is 29.6 Å². The topological polar surface area (TPSA) is 21.3 Å². The van der Waals surface area contributed by atoms with Gasteiger partial charge in [-0.2, -0.15) is 0 Å². The fourth-order valence-corrected chi connectivity index (χ4v) is 2.31. The van der Waals surface area contributed by atoms with Gasteiger partial charge >= 0.3 is 0 Å². The van der Waals surface area contributed by atoms with Crippen molar-refractivity contribution in [3.05, 3.63) is 28.2 Å². The number of hydrogen-bond acceptors (Lipinski definition) is 3. The maximum atomic E-state index is 4.97. The molecule has 0 spiro atoms. The van der Waals surface area contributed by atoms with Crippen molar-refractivity contribution in [2.24, 2.45) is 0 Å². The van der Waals surface area contributed by atoms with Crippen LogP contribution in [0.3, 0.4) is 0 Å². The van der Waals surface area contributed by atoms with Gasteiger partial charge in [-0.05, 0) is 24.0 Å². The molecule has 0 unspecified atom stereocenters. The highest BCUT2D eigenvalue weighted by Gasteiger charge is 2.00. The van der Waals surface area contributed by atoms with E-state index >= 15 is 0 Å². The summed E-state index contributed by atoms with van der Waals surface area (Å²) in [5, 5.41) is 3.32. The first kappa shape index (κ1) is 13.0. The van der Waals surface area contributed by atoms with Gasteiger partial charge in [-0.3, -0.25) is 0 Å². The second-order valence-corrected chi connectivity index (χ2v) is 4.86. The number of nitrogens with one attached hydrogen (secondary N) is 1. The summed E-state index contributed by atoms with van der Waals surface area (Å²) in [6.07, 6.45) is 2.08. The summed E-state index contributed by atoms with van der Waals surface area (Å²) in [5.74, 6) is 0. The minimum atomic E-state index is 0.751. The average Bonchev–Trinajstić information content (AvgIpc) is 2.26. The molecule has 2 nitrogen and oxygen atoms in total. The van der Waals surface area contributed by atoms with E-state index in [0.717, 1.165) is 19.7 Å². The van der Waals surface area contributed by atoms with Crippen LogP contribution in [-0.2, 0) is 11.3 Å². The zero-order valence-corrected chi connectivity index (χ0v) is 11.5. The Morgan fingerprint density at radius 2 is 2.27 bits per heavy atom. The lowest BCUT2D eigenvalue weighted by molar-refractivity contribution is 0.199. The Morgan fingerprint density at radius 3 is 2.87 bits per heavy atom. The second kappa shape index (κ2) is 7.28. The van der Waals surface area contributed by atoms with Crippen molar-refractivity contribution in [1.82, 2.24) is 5.32 Å². The number of benzene rings is 1. The highest BCUT2D eigenvalue weighted by atomic mass is 79.9. The molecule has 0 bridgehead atoms. The number of halogens is 1. The Morgan fingerprint density at radius 1 is 1.47 bits per heavy atom. The van der Waals surface area contributed by atoms with Crippen LogP contribution in [0.5, 0.6) is 0 Å². The van der Waals surface area contributed by atoms with Crippen LogP contribution in [0.25, 0.3) is 0 Å². The molecule has 1 aromatic rings. The van der Waals surface area contributed by atoms with Crippen molar-refractivity contribution in [3.63, 3.8) is 0 Å². The van der Waals surface area contributed by atoms with E-state index in [1.807, 2.05) is 0 Å². The third-order valence-electron chi connectivity index (χ3n) is 2.06. The van der Waals surface area contributed by atoms with Crippen molar-refractivity contribution in [1.29, 1.82) is 0 Å². The number of methoxy groups -OCH3 is 1. The van der Waals surface area contributed by atoms with E-state index in [4.69, 9.17) is 4.74 Å². The number of rotatable bonds is 6. The Balaban J connectivity index is 2.47. The molecular weight excluding hydrogens is 274 g/mol. The summed E-state index contributed by atoms with van der Waals surface area (Å²) in [6, 6.07) is 6.44. The Hall–Kier alpha value is -0.0300. The normalized spacial score (nSPS) is 10.6. The maximum Gasteiger partial charge on any atom is 0.0587 e. The molecule has 0 aromatic heterocycles. The lowest BCUT2D eigenvalue weighted by Crippen LogP contribution is -2.18.